The van der Waals surface area contributed by atoms with Crippen molar-refractivity contribution in [1.82, 2.24) is 24.7 Å². The molecule has 0 amide bonds. The minimum absolute atomic E-state index is 0.0415. The zero-order valence-corrected chi connectivity index (χ0v) is 39.4. The Bertz CT molecular complexity index is 2720. The molecule has 0 saturated heterocycles. The molecular weight excluding hydrogens is 925 g/mol. The minimum atomic E-state index is -0.705. The molecule has 3 heterocycles. The number of carbonyl (C=O) groups is 1. The summed E-state index contributed by atoms with van der Waals surface area (Å²) in [5.74, 6) is 0.304. The number of anilines is 2. The quantitative estimate of drug-likeness (QED) is 0.0306. The fourth-order valence-electron chi connectivity index (χ4n) is 7.99. The lowest BCUT2D eigenvalue weighted by Crippen LogP contribution is -2.27. The van der Waals surface area contributed by atoms with E-state index >= 15 is 4.39 Å². The molecule has 1 aliphatic carbocycles. The normalized spacial score (nSPS) is 14.0. The summed E-state index contributed by atoms with van der Waals surface area (Å²) < 4.78 is 41.7. The molecule has 0 aliphatic heterocycles. The number of pyridine rings is 1. The second-order valence-corrected chi connectivity index (χ2v) is 17.9. The summed E-state index contributed by atoms with van der Waals surface area (Å²) in [5.41, 5.74) is 5.24. The molecule has 0 radical (unpaired) electrons. The van der Waals surface area contributed by atoms with Crippen LogP contribution in [0.4, 0.5) is 15.9 Å². The summed E-state index contributed by atoms with van der Waals surface area (Å²) in [6.07, 6.45) is 4.88. The maximum atomic E-state index is 16.1. The summed E-state index contributed by atoms with van der Waals surface area (Å²) in [5, 5.41) is 18.6. The van der Waals surface area contributed by atoms with E-state index in [1.54, 1.807) is 27.2 Å². The van der Waals surface area contributed by atoms with Gasteiger partial charge in [0.05, 0.1) is 18.4 Å². The van der Waals surface area contributed by atoms with Crippen LogP contribution in [0.15, 0.2) is 41.3 Å². The van der Waals surface area contributed by atoms with Crippen molar-refractivity contribution in [2.24, 2.45) is 5.92 Å². The summed E-state index contributed by atoms with van der Waals surface area (Å²) in [6, 6.07) is 8.70. The molecule has 0 bridgehead atoms. The molecule has 3 atom stereocenters. The highest BCUT2D eigenvalue weighted by Crippen LogP contribution is 2.53. The molecule has 1 fully saturated rings. The number of aromatic nitrogens is 5. The van der Waals surface area contributed by atoms with Crippen molar-refractivity contribution in [1.29, 1.82) is 5.41 Å². The van der Waals surface area contributed by atoms with Gasteiger partial charge in [0.2, 0.25) is 0 Å². The van der Waals surface area contributed by atoms with Crippen LogP contribution in [-0.2, 0) is 20.9 Å². The van der Waals surface area contributed by atoms with Crippen LogP contribution < -0.4 is 25.0 Å². The number of rotatable bonds is 19. The number of H-pyrrole nitrogens is 1. The van der Waals surface area contributed by atoms with Gasteiger partial charge in [-0.3, -0.25) is 9.48 Å². The molecule has 62 heavy (non-hydrogen) atoms. The van der Waals surface area contributed by atoms with Crippen molar-refractivity contribution in [3.05, 3.63) is 75.0 Å². The Morgan fingerprint density at radius 1 is 1.08 bits per heavy atom. The lowest BCUT2D eigenvalue weighted by atomic mass is 9.87. The number of aromatic amines is 1. The second-order valence-electron chi connectivity index (χ2n) is 15.8. The topological polar surface area (TPSA) is 170 Å². The molecular formula is C45H53FIN8O6P. The Hall–Kier alpha value is -4.93. The molecule has 17 heteroatoms. The Labute approximate surface area is 374 Å². The summed E-state index contributed by atoms with van der Waals surface area (Å²) in [7, 11) is 1.62. The van der Waals surface area contributed by atoms with Gasteiger partial charge in [-0.25, -0.2) is 9.18 Å². The Morgan fingerprint density at radius 3 is 2.48 bits per heavy atom. The maximum absolute atomic E-state index is 16.1. The van der Waals surface area contributed by atoms with Gasteiger partial charge in [0.1, 0.15) is 30.4 Å². The average Bonchev–Trinajstić information content (AvgIpc) is 4.01. The zero-order chi connectivity index (χ0) is 44.4. The molecule has 1 aliphatic rings. The fraction of sp³-hybridized carbons (Fsp3) is 0.422. The first-order valence-corrected chi connectivity index (χ1v) is 25.1. The standard InChI is InChI=1S/C45H53FIN8O6P/c1-9-54(10-2)42-30-17-29(27-13-14-27)37(36-25(7)33(46)18-35(53-62-47)31(36)19-48)41(38(30)50-45(51-42)61-21-24(6)58-8)60-22-26-12-15-28-32-20-55(40(23(4)5)44(57)59-11-3)52-39(32)43(56)49-34(28)16-26/h12,15-20,23-24,27,40,48,53,62H,9-11,13-14,21-22H2,1-8H3,(H,49,56). The maximum Gasteiger partial charge on any atom is 0.331 e. The number of carbonyl (C=O) groups excluding carboxylic acids is 1. The van der Waals surface area contributed by atoms with Gasteiger partial charge in [-0.05, 0) is 116 Å². The Balaban J connectivity index is 1.44. The van der Waals surface area contributed by atoms with E-state index in [-0.39, 0.29) is 55.7 Å². The zero-order valence-electron chi connectivity index (χ0n) is 36.2. The van der Waals surface area contributed by atoms with E-state index < -0.39 is 23.4 Å². The SMILES string of the molecule is CCOC(=O)C(C(C)C)n1cc2c(n1)c(=O)[nH]c1cc(COc3c(-c4c(C)c(F)cc(NPI)c4C=N)c(C4CC4)cc4c(N(CC)CC)nc(OCC(C)OC)nc34)ccc12. The van der Waals surface area contributed by atoms with E-state index in [0.29, 0.717) is 69.0 Å². The number of esters is 1. The number of benzene rings is 3. The van der Waals surface area contributed by atoms with Crippen LogP contribution in [0.1, 0.15) is 88.6 Å². The summed E-state index contributed by atoms with van der Waals surface area (Å²) in [6.45, 7) is 15.2. The smallest absolute Gasteiger partial charge is 0.331 e. The van der Waals surface area contributed by atoms with Crippen molar-refractivity contribution in [2.75, 3.05) is 43.4 Å². The Morgan fingerprint density at radius 2 is 1.84 bits per heavy atom. The number of nitrogens with one attached hydrogen (secondary N) is 3. The number of hydrogen-bond acceptors (Lipinski definition) is 12. The first-order chi connectivity index (χ1) is 29.9. The van der Waals surface area contributed by atoms with E-state index in [9.17, 15) is 9.59 Å². The van der Waals surface area contributed by atoms with Crippen molar-refractivity contribution in [3.63, 3.8) is 0 Å². The van der Waals surface area contributed by atoms with Crippen LogP contribution in [0.2, 0.25) is 0 Å². The van der Waals surface area contributed by atoms with Gasteiger partial charge in [-0.1, -0.05) is 26.0 Å². The lowest BCUT2D eigenvalue weighted by Gasteiger charge is -2.26. The lowest BCUT2D eigenvalue weighted by molar-refractivity contribution is -0.148. The molecule has 1 saturated carbocycles. The second kappa shape index (κ2) is 19.2. The average molecular weight is 979 g/mol. The Kier molecular flexibility index (Phi) is 14.0. The van der Waals surface area contributed by atoms with Crippen molar-refractivity contribution in [3.8, 4) is 22.9 Å². The predicted molar refractivity (Wildman–Crippen MR) is 254 cm³/mol. The van der Waals surface area contributed by atoms with Crippen LogP contribution in [0.3, 0.4) is 0 Å². The monoisotopic (exact) mass is 978 g/mol. The molecule has 3 aromatic carbocycles. The van der Waals surface area contributed by atoms with E-state index in [1.165, 1.54) is 17.0 Å². The first-order valence-electron chi connectivity index (χ1n) is 21.0. The van der Waals surface area contributed by atoms with Crippen LogP contribution >= 0.6 is 28.4 Å². The van der Waals surface area contributed by atoms with Gasteiger partial charge in [0.25, 0.3) is 5.56 Å². The predicted octanol–water partition coefficient (Wildman–Crippen LogP) is 9.77. The van der Waals surface area contributed by atoms with Gasteiger partial charge < -0.3 is 39.3 Å². The van der Waals surface area contributed by atoms with Crippen LogP contribution in [0, 0.1) is 24.1 Å². The molecule has 3 unspecified atom stereocenters. The molecule has 328 valence electrons. The molecule has 7 rings (SSSR count). The van der Waals surface area contributed by atoms with Gasteiger partial charge in [0.15, 0.2) is 17.3 Å². The van der Waals surface area contributed by atoms with Gasteiger partial charge in [-0.2, -0.15) is 15.1 Å². The number of ether oxygens (including phenoxy) is 4. The van der Waals surface area contributed by atoms with E-state index in [2.05, 4.69) is 62.0 Å². The molecule has 3 aromatic heterocycles. The molecule has 14 nitrogen and oxygen atoms in total. The minimum Gasteiger partial charge on any atom is -0.486 e. The summed E-state index contributed by atoms with van der Waals surface area (Å²) in [4.78, 5) is 41.6. The highest BCUT2D eigenvalue weighted by atomic mass is 127. The number of halogens is 2. The highest BCUT2D eigenvalue weighted by molar-refractivity contribution is 14.2. The largest absolute Gasteiger partial charge is 0.486 e. The fourth-order valence-corrected chi connectivity index (χ4v) is 9.17. The third-order valence-electron chi connectivity index (χ3n) is 11.4. The van der Waals surface area contributed by atoms with Crippen LogP contribution in [0.25, 0.3) is 43.8 Å². The van der Waals surface area contributed by atoms with Gasteiger partial charge in [-0.15, -0.1) is 0 Å². The molecule has 6 aromatic rings. The number of nitrogens with zero attached hydrogens (tertiary/aromatic N) is 5. The van der Waals surface area contributed by atoms with Crippen molar-refractivity contribution < 1.29 is 28.1 Å². The van der Waals surface area contributed by atoms with Crippen LogP contribution in [0.5, 0.6) is 11.8 Å². The number of fused-ring (bicyclic) bond motifs is 4. The summed E-state index contributed by atoms with van der Waals surface area (Å²) >= 11 is 2.20. The van der Waals surface area contributed by atoms with Gasteiger partial charge >= 0.3 is 12.0 Å². The highest BCUT2D eigenvalue weighted by Gasteiger charge is 2.34. The van der Waals surface area contributed by atoms with E-state index in [4.69, 9.17) is 34.3 Å². The number of hydrogen-bond donors (Lipinski definition) is 3. The van der Waals surface area contributed by atoms with E-state index in [1.807, 2.05) is 39.0 Å². The number of methoxy groups -OCH3 is 1. The molecule has 3 N–H and O–H groups in total. The van der Waals surface area contributed by atoms with E-state index in [0.717, 1.165) is 34.7 Å². The van der Waals surface area contributed by atoms with Crippen molar-refractivity contribution >= 4 is 84.8 Å². The third kappa shape index (κ3) is 8.82. The van der Waals surface area contributed by atoms with Gasteiger partial charge in [0, 0.05) is 77.4 Å². The van der Waals surface area contributed by atoms with Crippen molar-refractivity contribution in [2.45, 2.75) is 86.0 Å². The van der Waals surface area contributed by atoms with Crippen LogP contribution in [-0.4, -0.2) is 76.4 Å². The molecule has 0 spiro atoms. The third-order valence-corrected chi connectivity index (χ3v) is 12.6. The first kappa shape index (κ1) is 45.1.